The van der Waals surface area contributed by atoms with Gasteiger partial charge in [-0.3, -0.25) is 4.79 Å². The van der Waals surface area contributed by atoms with Gasteiger partial charge >= 0.3 is 0 Å². The summed E-state index contributed by atoms with van der Waals surface area (Å²) in [6, 6.07) is 15.2. The van der Waals surface area contributed by atoms with Crippen LogP contribution in [0.2, 0.25) is 0 Å². The van der Waals surface area contributed by atoms with Crippen LogP contribution in [0.1, 0.15) is 29.0 Å². The molecule has 2 N–H and O–H groups in total. The Bertz CT molecular complexity index is 666. The Kier molecular flexibility index (Phi) is 3.65. The van der Waals surface area contributed by atoms with Gasteiger partial charge in [0.25, 0.3) is 0 Å². The smallest absolute Gasteiger partial charge is 0.224 e. The molecule has 0 saturated heterocycles. The summed E-state index contributed by atoms with van der Waals surface area (Å²) in [6.45, 7) is 2.56. The number of phenolic OH excluding ortho intramolecular Hbond substituents is 1. The third kappa shape index (κ3) is 3.07. The molecule has 1 amide bonds. The summed E-state index contributed by atoms with van der Waals surface area (Å²) in [5.41, 5.74) is 3.46. The van der Waals surface area contributed by atoms with E-state index in [1.807, 2.05) is 18.2 Å². The van der Waals surface area contributed by atoms with Crippen LogP contribution in [0.15, 0.2) is 48.5 Å². The molecule has 2 aromatic carbocycles. The van der Waals surface area contributed by atoms with Crippen molar-refractivity contribution < 1.29 is 9.90 Å². The Labute approximate surface area is 124 Å². The van der Waals surface area contributed by atoms with E-state index >= 15 is 0 Å². The number of carbonyl (C=O) groups excluding carboxylic acids is 1. The second-order valence-corrected chi connectivity index (χ2v) is 5.69. The molecule has 2 atom stereocenters. The van der Waals surface area contributed by atoms with Crippen LogP contribution in [0.5, 0.6) is 5.75 Å². The van der Waals surface area contributed by atoms with E-state index in [0.717, 1.165) is 12.0 Å². The van der Waals surface area contributed by atoms with Gasteiger partial charge in [-0.15, -0.1) is 0 Å². The molecule has 0 aliphatic heterocycles. The fourth-order valence-electron chi connectivity index (χ4n) is 2.82. The molecule has 0 bridgehead atoms. The second-order valence-electron chi connectivity index (χ2n) is 5.69. The van der Waals surface area contributed by atoms with E-state index in [9.17, 15) is 9.90 Å². The van der Waals surface area contributed by atoms with Gasteiger partial charge in [0.2, 0.25) is 5.91 Å². The molecule has 1 saturated carbocycles. The van der Waals surface area contributed by atoms with Gasteiger partial charge in [0.1, 0.15) is 5.75 Å². The first-order valence-electron chi connectivity index (χ1n) is 7.26. The standard InChI is InChI=1S/C18H19NO2/c1-12-5-2-3-8-15(12)16-10-17(16)18(21)19-11-13-6-4-7-14(20)9-13/h2-9,16-17,20H,10-11H2,1H3,(H,19,21). The predicted octanol–water partition coefficient (Wildman–Crippen LogP) is 3.12. The van der Waals surface area contributed by atoms with E-state index in [2.05, 4.69) is 24.4 Å². The minimum atomic E-state index is 0.0865. The summed E-state index contributed by atoms with van der Waals surface area (Å²) in [4.78, 5) is 12.2. The van der Waals surface area contributed by atoms with E-state index in [4.69, 9.17) is 0 Å². The quantitative estimate of drug-likeness (QED) is 0.904. The summed E-state index contributed by atoms with van der Waals surface area (Å²) in [5, 5.41) is 12.4. The first kappa shape index (κ1) is 13.7. The zero-order chi connectivity index (χ0) is 14.8. The maximum absolute atomic E-state index is 12.2. The lowest BCUT2D eigenvalue weighted by Crippen LogP contribution is -2.24. The van der Waals surface area contributed by atoms with Crippen LogP contribution < -0.4 is 5.32 Å². The van der Waals surface area contributed by atoms with Gasteiger partial charge < -0.3 is 10.4 Å². The second kappa shape index (κ2) is 5.60. The van der Waals surface area contributed by atoms with Crippen LogP contribution in [0.25, 0.3) is 0 Å². The van der Waals surface area contributed by atoms with Crippen molar-refractivity contribution >= 4 is 5.91 Å². The lowest BCUT2D eigenvalue weighted by Gasteiger charge is -2.07. The van der Waals surface area contributed by atoms with E-state index in [1.54, 1.807) is 18.2 Å². The highest BCUT2D eigenvalue weighted by Gasteiger charge is 2.44. The Morgan fingerprint density at radius 2 is 2.05 bits per heavy atom. The largest absolute Gasteiger partial charge is 0.508 e. The molecule has 108 valence electrons. The van der Waals surface area contributed by atoms with Crippen LogP contribution in [0.3, 0.4) is 0 Å². The molecule has 2 unspecified atom stereocenters. The molecule has 3 heteroatoms. The van der Waals surface area contributed by atoms with Gasteiger partial charge in [-0.2, -0.15) is 0 Å². The molecule has 0 spiro atoms. The average molecular weight is 281 g/mol. The molecule has 3 rings (SSSR count). The van der Waals surface area contributed by atoms with Crippen molar-refractivity contribution in [2.45, 2.75) is 25.8 Å². The molecule has 21 heavy (non-hydrogen) atoms. The molecule has 3 nitrogen and oxygen atoms in total. The summed E-state index contributed by atoms with van der Waals surface area (Å²) in [5.74, 6) is 0.774. The van der Waals surface area contributed by atoms with E-state index in [1.165, 1.54) is 11.1 Å². The zero-order valence-electron chi connectivity index (χ0n) is 12.0. The van der Waals surface area contributed by atoms with Crippen molar-refractivity contribution in [2.24, 2.45) is 5.92 Å². The van der Waals surface area contributed by atoms with Crippen molar-refractivity contribution in [3.63, 3.8) is 0 Å². The maximum atomic E-state index is 12.2. The number of hydrogen-bond donors (Lipinski definition) is 2. The van der Waals surface area contributed by atoms with Gasteiger partial charge in [-0.1, -0.05) is 36.4 Å². The first-order chi connectivity index (χ1) is 10.1. The number of nitrogens with one attached hydrogen (secondary N) is 1. The fourth-order valence-corrected chi connectivity index (χ4v) is 2.82. The number of amides is 1. The number of carbonyl (C=O) groups is 1. The molecule has 0 radical (unpaired) electrons. The number of phenols is 1. The molecule has 1 fully saturated rings. The predicted molar refractivity (Wildman–Crippen MR) is 82.0 cm³/mol. The van der Waals surface area contributed by atoms with Crippen molar-refractivity contribution in [1.82, 2.24) is 5.32 Å². The molecule has 1 aliphatic carbocycles. The number of benzene rings is 2. The summed E-state index contributed by atoms with van der Waals surface area (Å²) in [7, 11) is 0. The van der Waals surface area contributed by atoms with Gasteiger partial charge in [0, 0.05) is 12.5 Å². The van der Waals surface area contributed by atoms with Crippen molar-refractivity contribution in [3.05, 3.63) is 65.2 Å². The Balaban J connectivity index is 1.57. The minimum Gasteiger partial charge on any atom is -0.508 e. The van der Waals surface area contributed by atoms with Crippen LogP contribution in [-0.2, 0) is 11.3 Å². The molecular weight excluding hydrogens is 262 g/mol. The van der Waals surface area contributed by atoms with E-state index < -0.39 is 0 Å². The van der Waals surface area contributed by atoms with Crippen molar-refractivity contribution in [1.29, 1.82) is 0 Å². The topological polar surface area (TPSA) is 49.3 Å². The Morgan fingerprint density at radius 3 is 2.81 bits per heavy atom. The number of aromatic hydroxyl groups is 1. The van der Waals surface area contributed by atoms with Gasteiger partial charge in [0.15, 0.2) is 0 Å². The van der Waals surface area contributed by atoms with Crippen LogP contribution in [0, 0.1) is 12.8 Å². The molecule has 0 aromatic heterocycles. The highest BCUT2D eigenvalue weighted by Crippen LogP contribution is 2.48. The summed E-state index contributed by atoms with van der Waals surface area (Å²) in [6.07, 6.45) is 0.927. The van der Waals surface area contributed by atoms with Crippen LogP contribution >= 0.6 is 0 Å². The van der Waals surface area contributed by atoms with E-state index in [0.29, 0.717) is 12.5 Å². The molecule has 1 aliphatic rings. The van der Waals surface area contributed by atoms with Gasteiger partial charge in [0.05, 0.1) is 0 Å². The van der Waals surface area contributed by atoms with Crippen LogP contribution in [0.4, 0.5) is 0 Å². The van der Waals surface area contributed by atoms with E-state index in [-0.39, 0.29) is 17.6 Å². The normalized spacial score (nSPS) is 20.0. The van der Waals surface area contributed by atoms with Gasteiger partial charge in [-0.05, 0) is 48.1 Å². The molecule has 0 heterocycles. The number of aryl methyl sites for hydroxylation is 1. The van der Waals surface area contributed by atoms with Gasteiger partial charge in [-0.25, -0.2) is 0 Å². The Morgan fingerprint density at radius 1 is 1.24 bits per heavy atom. The first-order valence-corrected chi connectivity index (χ1v) is 7.26. The molecule has 2 aromatic rings. The highest BCUT2D eigenvalue weighted by molar-refractivity contribution is 5.83. The average Bonchev–Trinajstić information content (AvgIpc) is 3.26. The summed E-state index contributed by atoms with van der Waals surface area (Å²) >= 11 is 0. The monoisotopic (exact) mass is 281 g/mol. The highest BCUT2D eigenvalue weighted by atomic mass is 16.3. The fraction of sp³-hybridized carbons (Fsp3) is 0.278. The third-order valence-electron chi connectivity index (χ3n) is 4.09. The maximum Gasteiger partial charge on any atom is 0.224 e. The lowest BCUT2D eigenvalue weighted by molar-refractivity contribution is -0.122. The third-order valence-corrected chi connectivity index (χ3v) is 4.09. The lowest BCUT2D eigenvalue weighted by atomic mass is 10.0. The SMILES string of the molecule is Cc1ccccc1C1CC1C(=O)NCc1cccc(O)c1. The minimum absolute atomic E-state index is 0.0865. The zero-order valence-corrected chi connectivity index (χ0v) is 12.0. The van der Waals surface area contributed by atoms with Crippen molar-refractivity contribution in [3.8, 4) is 5.75 Å². The molecular formula is C18H19NO2. The number of hydrogen-bond acceptors (Lipinski definition) is 2. The van der Waals surface area contributed by atoms with Crippen LogP contribution in [-0.4, -0.2) is 11.0 Å². The number of rotatable bonds is 4. The van der Waals surface area contributed by atoms with Crippen molar-refractivity contribution in [2.75, 3.05) is 0 Å². The Hall–Kier alpha value is -2.29. The summed E-state index contributed by atoms with van der Waals surface area (Å²) < 4.78 is 0.